The molecule has 1 spiro atoms. The minimum absolute atomic E-state index is 0.0651. The van der Waals surface area contributed by atoms with Gasteiger partial charge in [-0.1, -0.05) is 45.4 Å². The molecule has 2 saturated heterocycles. The van der Waals surface area contributed by atoms with Gasteiger partial charge in [-0.3, -0.25) is 4.79 Å². The minimum Gasteiger partial charge on any atom is -0.463 e. The zero-order chi connectivity index (χ0) is 31.9. The zero-order valence-corrected chi connectivity index (χ0v) is 28.7. The van der Waals surface area contributed by atoms with Crippen LogP contribution in [0, 0.1) is 59.2 Å². The van der Waals surface area contributed by atoms with E-state index in [1.807, 2.05) is 6.92 Å². The second kappa shape index (κ2) is 11.0. The number of esters is 1. The zero-order valence-electron chi connectivity index (χ0n) is 27.9. The Morgan fingerprint density at radius 3 is 2.47 bits per heavy atom. The molecule has 12 atom stereocenters. The fraction of sp³-hybridized carbons (Fsp3) is 0.778. The number of carbonyl (C=O) groups is 1. The highest BCUT2D eigenvalue weighted by Crippen LogP contribution is 2.71. The molecule has 8 nitrogen and oxygen atoms in total. The summed E-state index contributed by atoms with van der Waals surface area (Å²) in [6, 6.07) is 6.82. The molecule has 0 aromatic heterocycles. The molecule has 4 aliphatic carbocycles. The van der Waals surface area contributed by atoms with Crippen molar-refractivity contribution >= 4 is 21.7 Å². The number of hydrogen-bond donors (Lipinski definition) is 1. The summed E-state index contributed by atoms with van der Waals surface area (Å²) in [4.78, 5) is 14.4. The summed E-state index contributed by atoms with van der Waals surface area (Å²) < 4.78 is 45.7. The molecule has 0 radical (unpaired) electrons. The molecular formula is C36H52N2O6S. The number of ether oxygens (including phenoxy) is 3. The number of nitrogens with one attached hydrogen (secondary N) is 1. The van der Waals surface area contributed by atoms with Gasteiger partial charge in [0, 0.05) is 12.8 Å². The van der Waals surface area contributed by atoms with Gasteiger partial charge >= 0.3 is 5.97 Å². The number of fused-ring (bicyclic) bond motifs is 7. The molecule has 4 saturated carbocycles. The van der Waals surface area contributed by atoms with Crippen LogP contribution in [-0.2, 0) is 29.0 Å². The SMILES string of the molecule is CC(=O)O[C@H]1CC[C@@]2(C)[C@H](CC[C@@H]3[C@@H]2CC[C@]2(C)[C@@H]4[C@H](C[C@@H]32)O[C@@]2(OC[C@@H](C)C/C2=N\NS(=O)(=O)c2ccc(C)cc2)[C@H]4C)C1. The Kier molecular flexibility index (Phi) is 7.76. The highest BCUT2D eigenvalue weighted by atomic mass is 32.2. The van der Waals surface area contributed by atoms with Crippen molar-refractivity contribution in [1.82, 2.24) is 4.83 Å². The van der Waals surface area contributed by atoms with Crippen LogP contribution in [-0.4, -0.2) is 44.7 Å². The number of hydrogen-bond acceptors (Lipinski definition) is 7. The molecule has 2 aliphatic heterocycles. The Morgan fingerprint density at radius 2 is 1.73 bits per heavy atom. The van der Waals surface area contributed by atoms with Crippen molar-refractivity contribution in [3.63, 3.8) is 0 Å². The van der Waals surface area contributed by atoms with Crippen LogP contribution in [0.4, 0.5) is 0 Å². The first-order chi connectivity index (χ1) is 21.3. The monoisotopic (exact) mass is 640 g/mol. The molecule has 1 N–H and O–H groups in total. The quantitative estimate of drug-likeness (QED) is 0.293. The van der Waals surface area contributed by atoms with Crippen molar-refractivity contribution in [2.45, 2.75) is 122 Å². The van der Waals surface area contributed by atoms with E-state index in [4.69, 9.17) is 14.2 Å². The number of sulfonamides is 1. The van der Waals surface area contributed by atoms with Gasteiger partial charge in [-0.2, -0.15) is 18.4 Å². The Balaban J connectivity index is 1.12. The van der Waals surface area contributed by atoms with E-state index < -0.39 is 15.8 Å². The fourth-order valence-electron chi connectivity index (χ4n) is 11.6. The normalized spacial score (nSPS) is 46.6. The lowest BCUT2D eigenvalue weighted by molar-refractivity contribution is -0.216. The van der Waals surface area contributed by atoms with Gasteiger partial charge in [-0.25, -0.2) is 0 Å². The van der Waals surface area contributed by atoms with Crippen molar-refractivity contribution in [2.75, 3.05) is 6.61 Å². The number of hydrazone groups is 1. The van der Waals surface area contributed by atoms with Gasteiger partial charge in [-0.15, -0.1) is 0 Å². The van der Waals surface area contributed by atoms with Crippen molar-refractivity contribution in [3.8, 4) is 0 Å². The maximum atomic E-state index is 13.2. The van der Waals surface area contributed by atoms with Gasteiger partial charge in [0.1, 0.15) is 6.10 Å². The van der Waals surface area contributed by atoms with E-state index in [1.165, 1.54) is 32.6 Å². The van der Waals surface area contributed by atoms with Gasteiger partial charge in [0.2, 0.25) is 5.79 Å². The summed E-state index contributed by atoms with van der Waals surface area (Å²) in [6.45, 7) is 13.5. The molecule has 6 aliphatic rings. The number of nitrogens with zero attached hydrogens (tertiary/aromatic N) is 1. The summed E-state index contributed by atoms with van der Waals surface area (Å²) in [5.74, 6) is 2.10. The molecule has 7 rings (SSSR count). The molecule has 0 amide bonds. The standard InChI is InChI=1S/C36H52N2O6S/c1-21-7-10-27(11-8-21)45(40,41)38-37-32-17-22(2)20-42-36(32)23(3)33-31(44-36)19-30-28-12-9-25-18-26(43-24(4)39)13-15-34(25,5)29(28)14-16-35(30,33)6/h7-8,10-11,22-23,25-26,28-31,33,38H,9,12-20H2,1-6H3/b37-32+/t22-,23-,25+,26-,28+,29-,30-,31-,33-,34-,35-,36-/m0/s1. The average Bonchev–Trinajstić information content (AvgIpc) is 3.44. The van der Waals surface area contributed by atoms with E-state index in [9.17, 15) is 13.2 Å². The molecule has 1 aromatic carbocycles. The molecule has 9 heteroatoms. The van der Waals surface area contributed by atoms with Crippen molar-refractivity contribution < 1.29 is 27.4 Å². The molecule has 45 heavy (non-hydrogen) atoms. The molecule has 1 aromatic rings. The second-order valence-electron chi connectivity index (χ2n) is 16.2. The van der Waals surface area contributed by atoms with Crippen LogP contribution in [0.25, 0.3) is 0 Å². The van der Waals surface area contributed by atoms with Crippen LogP contribution in [0.3, 0.4) is 0 Å². The minimum atomic E-state index is -3.82. The van der Waals surface area contributed by atoms with Gasteiger partial charge in [0.25, 0.3) is 10.0 Å². The fourth-order valence-corrected chi connectivity index (χ4v) is 12.4. The second-order valence-corrected chi connectivity index (χ2v) is 17.8. The van der Waals surface area contributed by atoms with Crippen molar-refractivity contribution in [3.05, 3.63) is 29.8 Å². The van der Waals surface area contributed by atoms with Gasteiger partial charge in [-0.05, 0) is 123 Å². The van der Waals surface area contributed by atoms with E-state index in [1.54, 1.807) is 24.3 Å². The lowest BCUT2D eigenvalue weighted by atomic mass is 9.44. The average molecular weight is 641 g/mol. The highest BCUT2D eigenvalue weighted by molar-refractivity contribution is 7.89. The van der Waals surface area contributed by atoms with Crippen molar-refractivity contribution in [1.29, 1.82) is 0 Å². The third kappa shape index (κ3) is 5.00. The summed E-state index contributed by atoms with van der Waals surface area (Å²) in [7, 11) is -3.82. The lowest BCUT2D eigenvalue weighted by Crippen LogP contribution is -2.56. The van der Waals surface area contributed by atoms with Gasteiger partial charge in [0.05, 0.1) is 23.3 Å². The molecular weight excluding hydrogens is 588 g/mol. The maximum Gasteiger partial charge on any atom is 0.302 e. The molecule has 0 bridgehead atoms. The largest absolute Gasteiger partial charge is 0.463 e. The Labute approximate surface area is 269 Å². The van der Waals surface area contributed by atoms with Crippen molar-refractivity contribution in [2.24, 2.45) is 57.4 Å². The summed E-state index contributed by atoms with van der Waals surface area (Å²) in [5, 5.41) is 4.58. The van der Waals surface area contributed by atoms with E-state index >= 15 is 0 Å². The Hall–Kier alpha value is -1.97. The predicted octanol–water partition coefficient (Wildman–Crippen LogP) is 6.62. The van der Waals surface area contributed by atoms with Crippen LogP contribution < -0.4 is 4.83 Å². The molecule has 0 unspecified atom stereocenters. The number of benzene rings is 1. The predicted molar refractivity (Wildman–Crippen MR) is 172 cm³/mol. The van der Waals surface area contributed by atoms with E-state index in [-0.39, 0.29) is 40.3 Å². The molecule has 248 valence electrons. The van der Waals surface area contributed by atoms with E-state index in [0.29, 0.717) is 53.7 Å². The summed E-state index contributed by atoms with van der Waals surface area (Å²) in [5.41, 5.74) is 2.13. The lowest BCUT2D eigenvalue weighted by Gasteiger charge is -2.61. The van der Waals surface area contributed by atoms with Crippen LogP contribution in [0.1, 0.15) is 98.0 Å². The first kappa shape index (κ1) is 31.6. The topological polar surface area (TPSA) is 103 Å². The Bertz CT molecular complexity index is 1460. The third-order valence-electron chi connectivity index (χ3n) is 13.7. The van der Waals surface area contributed by atoms with Crippen LogP contribution >= 0.6 is 0 Å². The number of aryl methyl sites for hydroxylation is 1. The third-order valence-corrected chi connectivity index (χ3v) is 14.9. The summed E-state index contributed by atoms with van der Waals surface area (Å²) >= 11 is 0. The number of rotatable bonds is 4. The van der Waals surface area contributed by atoms with Gasteiger partial charge in [0.15, 0.2) is 0 Å². The first-order valence-corrected chi connectivity index (χ1v) is 18.9. The Morgan fingerprint density at radius 1 is 1.00 bits per heavy atom. The smallest absolute Gasteiger partial charge is 0.302 e. The summed E-state index contributed by atoms with van der Waals surface area (Å²) in [6.07, 6.45) is 9.86. The van der Waals surface area contributed by atoms with Gasteiger partial charge < -0.3 is 14.2 Å². The van der Waals surface area contributed by atoms with Crippen LogP contribution in [0.2, 0.25) is 0 Å². The van der Waals surface area contributed by atoms with Crippen LogP contribution in [0.5, 0.6) is 0 Å². The first-order valence-electron chi connectivity index (χ1n) is 17.4. The van der Waals surface area contributed by atoms with Crippen LogP contribution in [0.15, 0.2) is 34.3 Å². The van der Waals surface area contributed by atoms with E-state index in [0.717, 1.165) is 31.2 Å². The highest BCUT2D eigenvalue weighted by Gasteiger charge is 2.70. The van der Waals surface area contributed by atoms with E-state index in [2.05, 4.69) is 37.6 Å². The molecule has 6 fully saturated rings. The maximum absolute atomic E-state index is 13.2. The number of carbonyl (C=O) groups excluding carboxylic acids is 1. The molecule has 2 heterocycles.